The minimum atomic E-state index is -0.182. The molecule has 1 amide bonds. The Bertz CT molecular complexity index is 1280. The molecule has 4 rings (SSSR count). The highest BCUT2D eigenvalue weighted by Gasteiger charge is 2.16. The fraction of sp³-hybridized carbons (Fsp3) is 0.240. The van der Waals surface area contributed by atoms with Crippen LogP contribution in [0.25, 0.3) is 33.5 Å². The summed E-state index contributed by atoms with van der Waals surface area (Å²) in [5.41, 5.74) is 4.06. The molecular formula is C25H26N4O4. The van der Waals surface area contributed by atoms with Crippen LogP contribution in [0.1, 0.15) is 23.7 Å². The molecule has 8 nitrogen and oxygen atoms in total. The molecule has 8 heteroatoms. The first-order chi connectivity index (χ1) is 16.0. The Morgan fingerprint density at radius 2 is 2.00 bits per heavy atom. The molecule has 4 aromatic rings. The van der Waals surface area contributed by atoms with Crippen LogP contribution in [0.4, 0.5) is 0 Å². The van der Waals surface area contributed by atoms with E-state index in [0.717, 1.165) is 23.1 Å². The Morgan fingerprint density at radius 1 is 1.15 bits per heavy atom. The van der Waals surface area contributed by atoms with Gasteiger partial charge in [0.15, 0.2) is 0 Å². The quantitative estimate of drug-likeness (QED) is 0.375. The highest BCUT2D eigenvalue weighted by molar-refractivity contribution is 5.98. The average molecular weight is 447 g/mol. The lowest BCUT2D eigenvalue weighted by molar-refractivity contribution is 0.0894. The highest BCUT2D eigenvalue weighted by Crippen LogP contribution is 2.35. The van der Waals surface area contributed by atoms with Crippen LogP contribution in [0, 0.1) is 0 Å². The van der Waals surface area contributed by atoms with Crippen LogP contribution in [0.3, 0.4) is 0 Å². The minimum Gasteiger partial charge on any atom is -0.507 e. The van der Waals surface area contributed by atoms with Gasteiger partial charge in [-0.1, -0.05) is 13.0 Å². The third-order valence-electron chi connectivity index (χ3n) is 5.47. The van der Waals surface area contributed by atoms with E-state index < -0.39 is 0 Å². The number of imidazole rings is 1. The fourth-order valence-electron chi connectivity index (χ4n) is 3.67. The molecule has 0 spiro atoms. The topological polar surface area (TPSA) is 109 Å². The van der Waals surface area contributed by atoms with Crippen molar-refractivity contribution in [3.8, 4) is 34.1 Å². The van der Waals surface area contributed by atoms with Crippen LogP contribution in [0.2, 0.25) is 0 Å². The van der Waals surface area contributed by atoms with Crippen molar-refractivity contribution in [1.29, 1.82) is 0 Å². The van der Waals surface area contributed by atoms with Gasteiger partial charge in [-0.25, -0.2) is 9.97 Å². The number of carbonyl (C=O) groups is 1. The SMILES string of the molecule is CCC(COC)NC(=O)c1ccc2[nH]c(-c3cc(-c4cccnc4OC)ccc3O)nc2c1. The van der Waals surface area contributed by atoms with Crippen molar-refractivity contribution >= 4 is 16.9 Å². The third-order valence-corrected chi connectivity index (χ3v) is 5.47. The highest BCUT2D eigenvalue weighted by atomic mass is 16.5. The summed E-state index contributed by atoms with van der Waals surface area (Å²) in [7, 11) is 3.18. The molecule has 0 saturated heterocycles. The maximum Gasteiger partial charge on any atom is 0.251 e. The lowest BCUT2D eigenvalue weighted by atomic mass is 10.0. The Kier molecular flexibility index (Phi) is 6.55. The van der Waals surface area contributed by atoms with Gasteiger partial charge in [0.2, 0.25) is 5.88 Å². The number of hydrogen-bond acceptors (Lipinski definition) is 6. The number of aromatic hydroxyl groups is 1. The van der Waals surface area contributed by atoms with Gasteiger partial charge in [0.05, 0.1) is 36.4 Å². The summed E-state index contributed by atoms with van der Waals surface area (Å²) in [4.78, 5) is 24.8. The molecular weight excluding hydrogens is 420 g/mol. The number of aromatic nitrogens is 3. The van der Waals surface area contributed by atoms with Crippen molar-refractivity contribution in [2.24, 2.45) is 0 Å². The molecule has 2 heterocycles. The number of carbonyl (C=O) groups excluding carboxylic acids is 1. The molecule has 2 aromatic heterocycles. The van der Waals surface area contributed by atoms with Crippen LogP contribution in [0.15, 0.2) is 54.7 Å². The third kappa shape index (κ3) is 4.65. The predicted molar refractivity (Wildman–Crippen MR) is 126 cm³/mol. The van der Waals surface area contributed by atoms with Crippen molar-refractivity contribution in [3.63, 3.8) is 0 Å². The molecule has 0 saturated carbocycles. The van der Waals surface area contributed by atoms with Gasteiger partial charge >= 0.3 is 0 Å². The standard InChI is InChI=1S/C25H26N4O4/c1-4-17(14-32-2)27-24(31)16-7-9-20-21(13-16)29-23(28-20)19-12-15(8-10-22(19)30)18-6-5-11-26-25(18)33-3/h5-13,17,30H,4,14H2,1-3H3,(H,27,31)(H,28,29). The minimum absolute atomic E-state index is 0.0582. The summed E-state index contributed by atoms with van der Waals surface area (Å²) in [5.74, 6) is 0.895. The molecule has 170 valence electrons. The maximum atomic E-state index is 12.7. The van der Waals surface area contributed by atoms with E-state index in [0.29, 0.717) is 35.0 Å². The number of amides is 1. The van der Waals surface area contributed by atoms with Crippen molar-refractivity contribution in [1.82, 2.24) is 20.3 Å². The van der Waals surface area contributed by atoms with Crippen molar-refractivity contribution < 1.29 is 19.4 Å². The molecule has 0 fully saturated rings. The summed E-state index contributed by atoms with van der Waals surface area (Å²) in [6.45, 7) is 2.45. The maximum absolute atomic E-state index is 12.7. The van der Waals surface area contributed by atoms with Gasteiger partial charge in [-0.15, -0.1) is 0 Å². The Labute approximate surface area is 191 Å². The molecule has 1 unspecified atom stereocenters. The summed E-state index contributed by atoms with van der Waals surface area (Å²) >= 11 is 0. The van der Waals surface area contributed by atoms with Crippen molar-refractivity contribution in [2.45, 2.75) is 19.4 Å². The number of hydrogen-bond donors (Lipinski definition) is 3. The molecule has 1 atom stereocenters. The zero-order chi connectivity index (χ0) is 23.4. The summed E-state index contributed by atoms with van der Waals surface area (Å²) in [6.07, 6.45) is 2.43. The van der Waals surface area contributed by atoms with Crippen LogP contribution in [-0.4, -0.2) is 52.8 Å². The van der Waals surface area contributed by atoms with E-state index in [1.807, 2.05) is 31.2 Å². The van der Waals surface area contributed by atoms with Gasteiger partial charge in [-0.2, -0.15) is 0 Å². The first kappa shape index (κ1) is 22.3. The predicted octanol–water partition coefficient (Wildman–Crippen LogP) is 4.16. The number of pyridine rings is 1. The number of phenolic OH excluding ortho intramolecular Hbond substituents is 1. The molecule has 0 aliphatic heterocycles. The van der Waals surface area contributed by atoms with E-state index in [1.54, 1.807) is 44.7 Å². The number of methoxy groups -OCH3 is 2. The second-order valence-corrected chi connectivity index (χ2v) is 7.64. The van der Waals surface area contributed by atoms with Gasteiger partial charge in [-0.3, -0.25) is 4.79 Å². The molecule has 0 bridgehead atoms. The van der Waals surface area contributed by atoms with Gasteiger partial charge in [0.1, 0.15) is 11.6 Å². The zero-order valence-electron chi connectivity index (χ0n) is 18.8. The number of fused-ring (bicyclic) bond motifs is 1. The fourth-order valence-corrected chi connectivity index (χ4v) is 3.67. The Hall–Kier alpha value is -3.91. The van der Waals surface area contributed by atoms with E-state index in [-0.39, 0.29) is 17.7 Å². The number of aromatic amines is 1. The number of benzene rings is 2. The first-order valence-electron chi connectivity index (χ1n) is 10.7. The average Bonchev–Trinajstić information content (AvgIpc) is 3.27. The van der Waals surface area contributed by atoms with Gasteiger partial charge < -0.3 is 24.9 Å². The molecule has 3 N–H and O–H groups in total. The Balaban J connectivity index is 1.67. The largest absolute Gasteiger partial charge is 0.507 e. The lowest BCUT2D eigenvalue weighted by Gasteiger charge is -2.15. The normalized spacial score (nSPS) is 12.0. The van der Waals surface area contributed by atoms with Crippen molar-refractivity contribution in [3.05, 3.63) is 60.3 Å². The van der Waals surface area contributed by atoms with E-state index in [4.69, 9.17) is 9.47 Å². The number of rotatable bonds is 8. The number of phenols is 1. The van der Waals surface area contributed by atoms with Gasteiger partial charge in [0, 0.05) is 24.4 Å². The zero-order valence-corrected chi connectivity index (χ0v) is 18.8. The number of nitrogens with zero attached hydrogens (tertiary/aromatic N) is 2. The second kappa shape index (κ2) is 9.70. The van der Waals surface area contributed by atoms with Gasteiger partial charge in [-0.05, 0) is 54.4 Å². The smallest absolute Gasteiger partial charge is 0.251 e. The summed E-state index contributed by atoms with van der Waals surface area (Å²) < 4.78 is 10.5. The number of H-pyrrole nitrogens is 1. The van der Waals surface area contributed by atoms with E-state index >= 15 is 0 Å². The van der Waals surface area contributed by atoms with E-state index in [2.05, 4.69) is 20.3 Å². The Morgan fingerprint density at radius 3 is 2.76 bits per heavy atom. The molecule has 33 heavy (non-hydrogen) atoms. The van der Waals surface area contributed by atoms with Crippen LogP contribution < -0.4 is 10.1 Å². The number of nitrogens with one attached hydrogen (secondary N) is 2. The van der Waals surface area contributed by atoms with Crippen LogP contribution >= 0.6 is 0 Å². The molecule has 0 radical (unpaired) electrons. The monoisotopic (exact) mass is 446 g/mol. The molecule has 0 aliphatic carbocycles. The molecule has 0 aliphatic rings. The van der Waals surface area contributed by atoms with Crippen LogP contribution in [-0.2, 0) is 4.74 Å². The summed E-state index contributed by atoms with van der Waals surface area (Å²) in [6, 6.07) is 14.2. The molecule has 2 aromatic carbocycles. The second-order valence-electron chi connectivity index (χ2n) is 7.64. The van der Waals surface area contributed by atoms with E-state index in [1.165, 1.54) is 0 Å². The van der Waals surface area contributed by atoms with Crippen LogP contribution in [0.5, 0.6) is 11.6 Å². The summed E-state index contributed by atoms with van der Waals surface area (Å²) in [5, 5.41) is 13.5. The lowest BCUT2D eigenvalue weighted by Crippen LogP contribution is -2.37. The first-order valence-corrected chi connectivity index (χ1v) is 10.7. The number of ether oxygens (including phenoxy) is 2. The van der Waals surface area contributed by atoms with Gasteiger partial charge in [0.25, 0.3) is 5.91 Å². The van der Waals surface area contributed by atoms with E-state index in [9.17, 15) is 9.90 Å². The van der Waals surface area contributed by atoms with Crippen molar-refractivity contribution in [2.75, 3.05) is 20.8 Å².